The summed E-state index contributed by atoms with van der Waals surface area (Å²) in [7, 11) is 0. The second-order valence-corrected chi connectivity index (χ2v) is 4.78. The Morgan fingerprint density at radius 1 is 1.47 bits per heavy atom. The molecular formula is C11H16ClFN2. The Hall–Kier alpha value is -0.800. The van der Waals surface area contributed by atoms with E-state index in [9.17, 15) is 4.39 Å². The highest BCUT2D eigenvalue weighted by molar-refractivity contribution is 6.30. The first kappa shape index (κ1) is 12.3. The monoisotopic (exact) mass is 230 g/mol. The second-order valence-electron chi connectivity index (χ2n) is 4.35. The molecule has 1 aromatic rings. The number of benzene rings is 1. The Labute approximate surface area is 94.6 Å². The van der Waals surface area contributed by atoms with E-state index in [0.29, 0.717) is 23.8 Å². The number of nitrogens with one attached hydrogen (secondary N) is 1. The van der Waals surface area contributed by atoms with Crippen LogP contribution < -0.4 is 11.1 Å². The molecular weight excluding hydrogens is 215 g/mol. The van der Waals surface area contributed by atoms with E-state index in [-0.39, 0.29) is 11.2 Å². The Kier molecular flexibility index (Phi) is 3.94. The molecule has 84 valence electrons. The summed E-state index contributed by atoms with van der Waals surface area (Å²) in [6.07, 6.45) is 0. The van der Waals surface area contributed by atoms with Crippen LogP contribution in [0.1, 0.15) is 13.8 Å². The lowest BCUT2D eigenvalue weighted by atomic mass is 9.94. The van der Waals surface area contributed by atoms with Crippen molar-refractivity contribution in [1.82, 2.24) is 0 Å². The van der Waals surface area contributed by atoms with E-state index in [1.807, 2.05) is 13.8 Å². The summed E-state index contributed by atoms with van der Waals surface area (Å²) in [4.78, 5) is 0. The molecule has 1 rings (SSSR count). The van der Waals surface area contributed by atoms with Crippen molar-refractivity contribution < 1.29 is 4.39 Å². The molecule has 0 fully saturated rings. The van der Waals surface area contributed by atoms with Crippen LogP contribution in [0.4, 0.5) is 10.1 Å². The fraction of sp³-hybridized carbons (Fsp3) is 0.455. The molecule has 0 spiro atoms. The maximum absolute atomic E-state index is 13.3. The van der Waals surface area contributed by atoms with Gasteiger partial charge in [0.05, 0.1) is 5.69 Å². The van der Waals surface area contributed by atoms with Gasteiger partial charge in [-0.1, -0.05) is 25.4 Å². The molecule has 0 saturated heterocycles. The molecule has 0 heterocycles. The second kappa shape index (κ2) is 4.81. The molecule has 3 N–H and O–H groups in total. The standard InChI is InChI=1S/C11H16ClFN2/c1-11(2,6-14)7-15-10-5-8(12)3-4-9(10)13/h3-5,15H,6-7,14H2,1-2H3. The SMILES string of the molecule is CC(C)(CN)CNc1cc(Cl)ccc1F. The lowest BCUT2D eigenvalue weighted by molar-refractivity contribution is 0.405. The molecule has 0 radical (unpaired) electrons. The van der Waals surface area contributed by atoms with Crippen LogP contribution in [0.15, 0.2) is 18.2 Å². The molecule has 0 unspecified atom stereocenters. The number of halogens is 2. The van der Waals surface area contributed by atoms with E-state index in [1.54, 1.807) is 6.07 Å². The molecule has 0 saturated carbocycles. The largest absolute Gasteiger partial charge is 0.382 e. The number of hydrogen-bond donors (Lipinski definition) is 2. The highest BCUT2D eigenvalue weighted by atomic mass is 35.5. The molecule has 0 aliphatic heterocycles. The Balaban J connectivity index is 2.69. The third-order valence-corrected chi connectivity index (χ3v) is 2.47. The Bertz CT molecular complexity index is 339. The number of nitrogens with two attached hydrogens (primary N) is 1. The normalized spacial score (nSPS) is 11.5. The average molecular weight is 231 g/mol. The van der Waals surface area contributed by atoms with E-state index < -0.39 is 0 Å². The van der Waals surface area contributed by atoms with Crippen LogP contribution in [0.5, 0.6) is 0 Å². The maximum atomic E-state index is 13.3. The van der Waals surface area contributed by atoms with E-state index in [0.717, 1.165) is 0 Å². The lowest BCUT2D eigenvalue weighted by Crippen LogP contribution is -2.31. The zero-order valence-corrected chi connectivity index (χ0v) is 9.74. The van der Waals surface area contributed by atoms with Gasteiger partial charge >= 0.3 is 0 Å². The molecule has 0 amide bonds. The van der Waals surface area contributed by atoms with Crippen LogP contribution in [0.2, 0.25) is 5.02 Å². The van der Waals surface area contributed by atoms with Crippen LogP contribution in [-0.4, -0.2) is 13.1 Å². The van der Waals surface area contributed by atoms with Crippen LogP contribution >= 0.6 is 11.6 Å². The fourth-order valence-corrected chi connectivity index (χ4v) is 1.21. The molecule has 0 aliphatic rings. The van der Waals surface area contributed by atoms with E-state index in [1.165, 1.54) is 12.1 Å². The summed E-state index contributed by atoms with van der Waals surface area (Å²) >= 11 is 5.77. The van der Waals surface area contributed by atoms with Gasteiger partial charge in [0, 0.05) is 11.6 Å². The van der Waals surface area contributed by atoms with Crippen molar-refractivity contribution in [2.45, 2.75) is 13.8 Å². The van der Waals surface area contributed by atoms with Gasteiger partial charge in [-0.15, -0.1) is 0 Å². The Morgan fingerprint density at radius 3 is 2.73 bits per heavy atom. The van der Waals surface area contributed by atoms with Gasteiger partial charge in [-0.3, -0.25) is 0 Å². The van der Waals surface area contributed by atoms with Crippen LogP contribution in [-0.2, 0) is 0 Å². The molecule has 4 heteroatoms. The zero-order chi connectivity index (χ0) is 11.5. The highest BCUT2D eigenvalue weighted by Gasteiger charge is 2.15. The van der Waals surface area contributed by atoms with E-state index in [2.05, 4.69) is 5.32 Å². The minimum absolute atomic E-state index is 0.0608. The van der Waals surface area contributed by atoms with Gasteiger partial charge in [-0.05, 0) is 30.2 Å². The van der Waals surface area contributed by atoms with Crippen molar-refractivity contribution >= 4 is 17.3 Å². The summed E-state index contributed by atoms with van der Waals surface area (Å²) in [6.45, 7) is 5.19. The predicted octanol–water partition coefficient (Wildman–Crippen LogP) is 2.88. The first-order valence-electron chi connectivity index (χ1n) is 4.83. The smallest absolute Gasteiger partial charge is 0.146 e. The van der Waals surface area contributed by atoms with Gasteiger partial charge in [0.25, 0.3) is 0 Å². The average Bonchev–Trinajstić information content (AvgIpc) is 2.20. The van der Waals surface area contributed by atoms with Crippen LogP contribution in [0, 0.1) is 11.2 Å². The first-order valence-corrected chi connectivity index (χ1v) is 5.21. The third kappa shape index (κ3) is 3.68. The summed E-state index contributed by atoms with van der Waals surface area (Å²) in [6, 6.07) is 4.44. The van der Waals surface area contributed by atoms with Gasteiger partial charge in [0.1, 0.15) is 5.82 Å². The van der Waals surface area contributed by atoms with Crippen molar-refractivity contribution in [2.24, 2.45) is 11.1 Å². The van der Waals surface area contributed by atoms with E-state index >= 15 is 0 Å². The molecule has 1 aromatic carbocycles. The quantitative estimate of drug-likeness (QED) is 0.835. The third-order valence-electron chi connectivity index (χ3n) is 2.24. The topological polar surface area (TPSA) is 38.0 Å². The molecule has 2 nitrogen and oxygen atoms in total. The summed E-state index contributed by atoms with van der Waals surface area (Å²) in [5.41, 5.74) is 5.94. The van der Waals surface area contributed by atoms with Gasteiger partial charge in [0.2, 0.25) is 0 Å². The highest BCUT2D eigenvalue weighted by Crippen LogP contribution is 2.21. The number of hydrogen-bond acceptors (Lipinski definition) is 2. The van der Waals surface area contributed by atoms with Gasteiger partial charge in [-0.25, -0.2) is 4.39 Å². The van der Waals surface area contributed by atoms with Crippen molar-refractivity contribution in [2.75, 3.05) is 18.4 Å². The summed E-state index contributed by atoms with van der Waals surface area (Å²) in [5, 5.41) is 3.52. The molecule has 0 aromatic heterocycles. The molecule has 0 atom stereocenters. The van der Waals surface area contributed by atoms with Crippen molar-refractivity contribution in [3.8, 4) is 0 Å². The molecule has 0 aliphatic carbocycles. The minimum atomic E-state index is -0.299. The van der Waals surface area contributed by atoms with Crippen molar-refractivity contribution in [3.05, 3.63) is 29.0 Å². The molecule has 0 bridgehead atoms. The first-order chi connectivity index (χ1) is 6.94. The lowest BCUT2D eigenvalue weighted by Gasteiger charge is -2.23. The summed E-state index contributed by atoms with van der Waals surface area (Å²) < 4.78 is 13.3. The van der Waals surface area contributed by atoms with Crippen molar-refractivity contribution in [1.29, 1.82) is 0 Å². The predicted molar refractivity (Wildman–Crippen MR) is 62.7 cm³/mol. The maximum Gasteiger partial charge on any atom is 0.146 e. The van der Waals surface area contributed by atoms with Crippen molar-refractivity contribution in [3.63, 3.8) is 0 Å². The zero-order valence-electron chi connectivity index (χ0n) is 8.98. The summed E-state index contributed by atoms with van der Waals surface area (Å²) in [5.74, 6) is -0.299. The minimum Gasteiger partial charge on any atom is -0.382 e. The van der Waals surface area contributed by atoms with E-state index in [4.69, 9.17) is 17.3 Å². The van der Waals surface area contributed by atoms with Gasteiger partial charge < -0.3 is 11.1 Å². The van der Waals surface area contributed by atoms with Gasteiger partial charge in [-0.2, -0.15) is 0 Å². The Morgan fingerprint density at radius 2 is 2.13 bits per heavy atom. The van der Waals surface area contributed by atoms with Gasteiger partial charge in [0.15, 0.2) is 0 Å². The van der Waals surface area contributed by atoms with Crippen LogP contribution in [0.25, 0.3) is 0 Å². The number of anilines is 1. The number of rotatable bonds is 4. The van der Waals surface area contributed by atoms with Crippen LogP contribution in [0.3, 0.4) is 0 Å². The molecule has 15 heavy (non-hydrogen) atoms. The fourth-order valence-electron chi connectivity index (χ4n) is 1.04.